The number of sulfonamides is 1. The van der Waals surface area contributed by atoms with Crippen LogP contribution in [0.25, 0.3) is 0 Å². The van der Waals surface area contributed by atoms with E-state index in [2.05, 4.69) is 10.3 Å². The Bertz CT molecular complexity index is 973. The molecule has 1 aliphatic heterocycles. The molecule has 9 heteroatoms. The number of rotatable bonds is 9. The molecule has 1 atom stereocenters. The third-order valence-electron chi connectivity index (χ3n) is 4.87. The SMILES string of the molecule is CC(=O)C(Cc1ccccc1)NC(=O)CSc1ccc(S(=O)(=O)N2CCCC2)cn1. The lowest BCUT2D eigenvalue weighted by Crippen LogP contribution is -2.42. The molecule has 0 radical (unpaired) electrons. The zero-order chi connectivity index (χ0) is 21.6. The van der Waals surface area contributed by atoms with Crippen LogP contribution in [0.5, 0.6) is 0 Å². The highest BCUT2D eigenvalue weighted by Gasteiger charge is 2.27. The van der Waals surface area contributed by atoms with Crippen LogP contribution in [0.15, 0.2) is 58.6 Å². The maximum absolute atomic E-state index is 12.5. The van der Waals surface area contributed by atoms with Gasteiger partial charge in [0, 0.05) is 19.3 Å². The van der Waals surface area contributed by atoms with Crippen LogP contribution >= 0.6 is 11.8 Å². The molecule has 7 nitrogen and oxygen atoms in total. The third kappa shape index (κ3) is 5.90. The van der Waals surface area contributed by atoms with Gasteiger partial charge in [0.25, 0.3) is 0 Å². The van der Waals surface area contributed by atoms with Gasteiger partial charge in [-0.1, -0.05) is 42.1 Å². The summed E-state index contributed by atoms with van der Waals surface area (Å²) < 4.78 is 26.5. The van der Waals surface area contributed by atoms with E-state index in [1.54, 1.807) is 6.07 Å². The third-order valence-corrected chi connectivity index (χ3v) is 7.70. The molecular weight excluding hydrogens is 422 g/mol. The van der Waals surface area contributed by atoms with E-state index in [9.17, 15) is 18.0 Å². The van der Waals surface area contributed by atoms with Gasteiger partial charge < -0.3 is 5.32 Å². The van der Waals surface area contributed by atoms with E-state index >= 15 is 0 Å². The van der Waals surface area contributed by atoms with E-state index < -0.39 is 16.1 Å². The van der Waals surface area contributed by atoms with Gasteiger partial charge in [-0.15, -0.1) is 0 Å². The Balaban J connectivity index is 1.54. The molecule has 0 spiro atoms. The molecule has 1 aromatic heterocycles. The quantitative estimate of drug-likeness (QED) is 0.593. The van der Waals surface area contributed by atoms with Gasteiger partial charge in [0.2, 0.25) is 15.9 Å². The first-order valence-electron chi connectivity index (χ1n) is 9.79. The molecule has 1 fully saturated rings. The van der Waals surface area contributed by atoms with Gasteiger partial charge in [0.1, 0.15) is 4.90 Å². The molecule has 2 aromatic rings. The van der Waals surface area contributed by atoms with Crippen molar-refractivity contribution in [1.82, 2.24) is 14.6 Å². The summed E-state index contributed by atoms with van der Waals surface area (Å²) in [5, 5.41) is 3.32. The van der Waals surface area contributed by atoms with Crippen LogP contribution in [0.2, 0.25) is 0 Å². The van der Waals surface area contributed by atoms with Crippen LogP contribution in [0, 0.1) is 0 Å². The molecule has 0 bridgehead atoms. The van der Waals surface area contributed by atoms with Gasteiger partial charge in [-0.25, -0.2) is 13.4 Å². The Hall–Kier alpha value is -2.23. The number of pyridine rings is 1. The number of carbonyl (C=O) groups excluding carboxylic acids is 2. The number of ketones is 1. The van der Waals surface area contributed by atoms with Gasteiger partial charge >= 0.3 is 0 Å². The lowest BCUT2D eigenvalue weighted by Gasteiger charge is -2.16. The molecule has 1 aliphatic rings. The molecule has 160 valence electrons. The molecule has 1 aromatic carbocycles. The number of aromatic nitrogens is 1. The number of hydrogen-bond acceptors (Lipinski definition) is 6. The van der Waals surface area contributed by atoms with Gasteiger partial charge in [-0.3, -0.25) is 9.59 Å². The fraction of sp³-hybridized carbons (Fsp3) is 0.381. The topological polar surface area (TPSA) is 96.4 Å². The number of amides is 1. The molecule has 2 heterocycles. The first-order chi connectivity index (χ1) is 14.4. The predicted octanol–water partition coefficient (Wildman–Crippen LogP) is 2.27. The Kier molecular flexibility index (Phi) is 7.63. The largest absolute Gasteiger partial charge is 0.345 e. The highest BCUT2D eigenvalue weighted by molar-refractivity contribution is 7.99. The number of carbonyl (C=O) groups is 2. The van der Waals surface area contributed by atoms with Crippen LogP contribution < -0.4 is 5.32 Å². The smallest absolute Gasteiger partial charge is 0.244 e. The van der Waals surface area contributed by atoms with Crippen molar-refractivity contribution < 1.29 is 18.0 Å². The predicted molar refractivity (Wildman–Crippen MR) is 116 cm³/mol. The minimum absolute atomic E-state index is 0.0871. The minimum atomic E-state index is -3.50. The van der Waals surface area contributed by atoms with Crippen molar-refractivity contribution in [2.75, 3.05) is 18.8 Å². The number of Topliss-reactive ketones (excluding diaryl/α,β-unsaturated/α-hetero) is 1. The van der Waals surface area contributed by atoms with Crippen molar-refractivity contribution >= 4 is 33.5 Å². The van der Waals surface area contributed by atoms with Gasteiger partial charge in [0.05, 0.1) is 16.8 Å². The number of thioether (sulfide) groups is 1. The van der Waals surface area contributed by atoms with Crippen molar-refractivity contribution in [2.24, 2.45) is 0 Å². The summed E-state index contributed by atoms with van der Waals surface area (Å²) in [5.74, 6) is -0.289. The second-order valence-corrected chi connectivity index (χ2v) is 10.1. The Morgan fingerprint density at radius 2 is 1.83 bits per heavy atom. The van der Waals surface area contributed by atoms with Gasteiger partial charge in [0.15, 0.2) is 5.78 Å². The van der Waals surface area contributed by atoms with Gasteiger partial charge in [-0.2, -0.15) is 4.31 Å². The maximum atomic E-state index is 12.5. The summed E-state index contributed by atoms with van der Waals surface area (Å²) in [7, 11) is -3.50. The molecular formula is C21H25N3O4S2. The lowest BCUT2D eigenvalue weighted by atomic mass is 10.0. The van der Waals surface area contributed by atoms with Crippen LogP contribution in [-0.4, -0.2) is 54.3 Å². The Labute approximate surface area is 181 Å². The normalized spacial score (nSPS) is 15.6. The Morgan fingerprint density at radius 1 is 1.13 bits per heavy atom. The summed E-state index contributed by atoms with van der Waals surface area (Å²) in [6.07, 6.45) is 3.53. The molecule has 0 aliphatic carbocycles. The van der Waals surface area contributed by atoms with E-state index in [0.717, 1.165) is 18.4 Å². The second-order valence-electron chi connectivity index (χ2n) is 7.15. The Morgan fingerprint density at radius 3 is 2.43 bits per heavy atom. The van der Waals surface area contributed by atoms with Crippen molar-refractivity contribution in [1.29, 1.82) is 0 Å². The van der Waals surface area contributed by atoms with Crippen molar-refractivity contribution in [2.45, 2.75) is 42.1 Å². The lowest BCUT2D eigenvalue weighted by molar-refractivity contribution is -0.125. The zero-order valence-electron chi connectivity index (χ0n) is 16.8. The molecule has 1 saturated heterocycles. The molecule has 1 unspecified atom stereocenters. The standard InChI is InChI=1S/C21H25N3O4S2/c1-16(25)19(13-17-7-3-2-4-8-17)23-20(26)15-29-21-10-9-18(14-22-21)30(27,28)24-11-5-6-12-24/h2-4,7-10,14,19H,5-6,11-13,15H2,1H3,(H,23,26). The first kappa shape index (κ1) is 22.5. The second kappa shape index (κ2) is 10.2. The molecule has 1 amide bonds. The summed E-state index contributed by atoms with van der Waals surface area (Å²) in [5.41, 5.74) is 0.974. The average molecular weight is 448 g/mol. The van der Waals surface area contributed by atoms with Crippen LogP contribution in [0.4, 0.5) is 0 Å². The number of benzene rings is 1. The molecule has 3 rings (SSSR count). The fourth-order valence-electron chi connectivity index (χ4n) is 3.20. The minimum Gasteiger partial charge on any atom is -0.345 e. The summed E-state index contributed by atoms with van der Waals surface area (Å²) >= 11 is 1.20. The van der Waals surface area contributed by atoms with Crippen molar-refractivity contribution in [3.8, 4) is 0 Å². The zero-order valence-corrected chi connectivity index (χ0v) is 18.4. The van der Waals surface area contributed by atoms with E-state index in [4.69, 9.17) is 0 Å². The van der Waals surface area contributed by atoms with Crippen molar-refractivity contribution in [3.63, 3.8) is 0 Å². The van der Waals surface area contributed by atoms with Gasteiger partial charge in [-0.05, 0) is 43.9 Å². The van der Waals surface area contributed by atoms with Crippen LogP contribution in [-0.2, 0) is 26.0 Å². The molecule has 30 heavy (non-hydrogen) atoms. The van der Waals surface area contributed by atoms with E-state index in [1.807, 2.05) is 30.3 Å². The molecule has 0 saturated carbocycles. The monoisotopic (exact) mass is 447 g/mol. The fourth-order valence-corrected chi connectivity index (χ4v) is 5.32. The van der Waals surface area contributed by atoms with Crippen molar-refractivity contribution in [3.05, 3.63) is 54.2 Å². The van der Waals surface area contributed by atoms with E-state index in [-0.39, 0.29) is 22.3 Å². The number of hydrogen-bond donors (Lipinski definition) is 1. The van der Waals surface area contributed by atoms with Crippen LogP contribution in [0.3, 0.4) is 0 Å². The number of nitrogens with zero attached hydrogens (tertiary/aromatic N) is 2. The average Bonchev–Trinajstić information content (AvgIpc) is 3.29. The summed E-state index contributed by atoms with van der Waals surface area (Å²) in [6, 6.07) is 12.1. The highest BCUT2D eigenvalue weighted by atomic mass is 32.2. The summed E-state index contributed by atoms with van der Waals surface area (Å²) in [4.78, 5) is 28.6. The molecule has 1 N–H and O–H groups in total. The van der Waals surface area contributed by atoms with E-state index in [0.29, 0.717) is 24.5 Å². The maximum Gasteiger partial charge on any atom is 0.244 e. The van der Waals surface area contributed by atoms with E-state index in [1.165, 1.54) is 35.3 Å². The number of nitrogens with one attached hydrogen (secondary N) is 1. The highest BCUT2D eigenvalue weighted by Crippen LogP contribution is 2.22. The summed E-state index contributed by atoms with van der Waals surface area (Å²) in [6.45, 7) is 2.54. The van der Waals surface area contributed by atoms with Crippen LogP contribution in [0.1, 0.15) is 25.3 Å². The first-order valence-corrected chi connectivity index (χ1v) is 12.2.